The Morgan fingerprint density at radius 2 is 2.12 bits per heavy atom. The van der Waals surface area contributed by atoms with Crippen LogP contribution in [0.3, 0.4) is 0 Å². The van der Waals surface area contributed by atoms with Crippen molar-refractivity contribution >= 4 is 15.9 Å². The second-order valence-electron chi connectivity index (χ2n) is 6.82. The molecule has 1 aromatic carbocycles. The van der Waals surface area contributed by atoms with Gasteiger partial charge in [0.2, 0.25) is 10.0 Å². The minimum atomic E-state index is -3.62. The van der Waals surface area contributed by atoms with E-state index in [2.05, 4.69) is 11.6 Å². The fourth-order valence-corrected chi connectivity index (χ4v) is 4.38. The predicted octanol–water partition coefficient (Wildman–Crippen LogP) is 1.57. The summed E-state index contributed by atoms with van der Waals surface area (Å²) < 4.78 is 27.1. The van der Waals surface area contributed by atoms with E-state index in [0.717, 1.165) is 12.8 Å². The summed E-state index contributed by atoms with van der Waals surface area (Å²) in [6.45, 7) is 6.75. The van der Waals surface area contributed by atoms with Crippen LogP contribution in [-0.2, 0) is 10.0 Å². The van der Waals surface area contributed by atoms with Crippen LogP contribution in [0.5, 0.6) is 0 Å². The van der Waals surface area contributed by atoms with Crippen LogP contribution in [-0.4, -0.2) is 44.4 Å². The Balaban J connectivity index is 2.26. The minimum Gasteiger partial charge on any atom is -0.334 e. The molecule has 0 radical (unpaired) electrons. The van der Waals surface area contributed by atoms with Crippen LogP contribution in [0.4, 0.5) is 0 Å². The molecule has 2 unspecified atom stereocenters. The average molecular weight is 353 g/mol. The first-order valence-electron chi connectivity index (χ1n) is 8.38. The monoisotopic (exact) mass is 353 g/mol. The first-order valence-corrected chi connectivity index (χ1v) is 9.86. The van der Waals surface area contributed by atoms with Gasteiger partial charge < -0.3 is 10.6 Å². The zero-order valence-corrected chi connectivity index (χ0v) is 15.3. The van der Waals surface area contributed by atoms with Gasteiger partial charge in [-0.15, -0.1) is 0 Å². The summed E-state index contributed by atoms with van der Waals surface area (Å²) in [6.07, 6.45) is 1.82. The lowest BCUT2D eigenvalue weighted by molar-refractivity contribution is 0.0573. The number of amides is 1. The van der Waals surface area contributed by atoms with Gasteiger partial charge in [-0.1, -0.05) is 13.0 Å². The molecule has 1 aromatic rings. The Morgan fingerprint density at radius 3 is 2.75 bits per heavy atom. The Kier molecular flexibility index (Phi) is 6.01. The maximum absolute atomic E-state index is 12.8. The largest absolute Gasteiger partial charge is 0.334 e. The molecule has 1 aliphatic rings. The molecule has 1 heterocycles. The van der Waals surface area contributed by atoms with Crippen molar-refractivity contribution in [3.05, 3.63) is 29.8 Å². The summed E-state index contributed by atoms with van der Waals surface area (Å²) >= 11 is 0. The lowest BCUT2D eigenvalue weighted by Gasteiger charge is -2.38. The third-order valence-electron chi connectivity index (χ3n) is 4.29. The molecule has 1 aliphatic heterocycles. The van der Waals surface area contributed by atoms with E-state index in [0.29, 0.717) is 24.6 Å². The maximum Gasteiger partial charge on any atom is 0.254 e. The van der Waals surface area contributed by atoms with Crippen molar-refractivity contribution in [3.63, 3.8) is 0 Å². The molecular formula is C17H27N3O3S. The molecule has 1 amide bonds. The molecule has 1 saturated heterocycles. The van der Waals surface area contributed by atoms with E-state index >= 15 is 0 Å². The molecule has 2 atom stereocenters. The summed E-state index contributed by atoms with van der Waals surface area (Å²) in [5.41, 5.74) is 6.21. The van der Waals surface area contributed by atoms with Crippen LogP contribution >= 0.6 is 0 Å². The quantitative estimate of drug-likeness (QED) is 0.840. The lowest BCUT2D eigenvalue weighted by atomic mass is 9.92. The van der Waals surface area contributed by atoms with Gasteiger partial charge in [0.05, 0.1) is 4.90 Å². The van der Waals surface area contributed by atoms with Gasteiger partial charge in [-0.2, -0.15) is 0 Å². The molecule has 2 rings (SSSR count). The van der Waals surface area contributed by atoms with E-state index in [4.69, 9.17) is 5.73 Å². The van der Waals surface area contributed by atoms with Gasteiger partial charge in [-0.25, -0.2) is 13.1 Å². The summed E-state index contributed by atoms with van der Waals surface area (Å²) in [6, 6.07) is 6.00. The molecule has 6 nitrogen and oxygen atoms in total. The van der Waals surface area contributed by atoms with Crippen molar-refractivity contribution in [1.82, 2.24) is 9.62 Å². The zero-order chi connectivity index (χ0) is 17.9. The van der Waals surface area contributed by atoms with Crippen molar-refractivity contribution in [2.24, 2.45) is 11.7 Å². The normalized spacial score (nSPS) is 22.0. The molecule has 7 heteroatoms. The van der Waals surface area contributed by atoms with Crippen LogP contribution in [0.25, 0.3) is 0 Å². The van der Waals surface area contributed by atoms with Crippen LogP contribution in [0.15, 0.2) is 29.2 Å². The van der Waals surface area contributed by atoms with Gasteiger partial charge in [0, 0.05) is 30.7 Å². The minimum absolute atomic E-state index is 0.00954. The number of hydrogen-bond acceptors (Lipinski definition) is 4. The van der Waals surface area contributed by atoms with E-state index in [1.165, 1.54) is 12.1 Å². The highest BCUT2D eigenvalue weighted by Gasteiger charge is 2.30. The first-order chi connectivity index (χ1) is 11.2. The van der Waals surface area contributed by atoms with Gasteiger partial charge in [0.15, 0.2) is 0 Å². The Hall–Kier alpha value is -1.44. The smallest absolute Gasteiger partial charge is 0.254 e. The van der Waals surface area contributed by atoms with Gasteiger partial charge in [-0.05, 0) is 50.8 Å². The number of nitrogens with zero attached hydrogens (tertiary/aromatic N) is 1. The topological polar surface area (TPSA) is 92.5 Å². The highest BCUT2D eigenvalue weighted by Crippen LogP contribution is 2.24. The number of piperidine rings is 1. The Bertz CT molecular complexity index is 688. The summed E-state index contributed by atoms with van der Waals surface area (Å²) in [7, 11) is -3.62. The molecule has 0 bridgehead atoms. The van der Waals surface area contributed by atoms with E-state index < -0.39 is 10.0 Å². The third-order valence-corrected chi connectivity index (χ3v) is 5.95. The molecule has 0 saturated carbocycles. The van der Waals surface area contributed by atoms with Crippen molar-refractivity contribution in [2.75, 3.05) is 13.1 Å². The number of carbonyl (C=O) groups excluding carboxylic acids is 1. The first kappa shape index (κ1) is 18.9. The third kappa shape index (κ3) is 4.34. The van der Waals surface area contributed by atoms with Crippen molar-refractivity contribution in [2.45, 2.75) is 50.6 Å². The number of likely N-dealkylation sites (tertiary alicyclic amines) is 1. The molecule has 0 aromatic heterocycles. The Labute approximate surface area is 144 Å². The fourth-order valence-electron chi connectivity index (χ4n) is 3.08. The zero-order valence-electron chi connectivity index (χ0n) is 14.5. The molecule has 0 aliphatic carbocycles. The van der Waals surface area contributed by atoms with E-state index in [1.807, 2.05) is 0 Å². The van der Waals surface area contributed by atoms with E-state index in [9.17, 15) is 13.2 Å². The second-order valence-corrected chi connectivity index (χ2v) is 8.54. The standard InChI is InChI=1S/C17H27N3O3S/c1-12(2)19-24(22,23)16-6-4-5-14(10-16)17(21)20-8-7-13(3)9-15(20)11-18/h4-6,10,12-13,15,19H,7-9,11,18H2,1-3H3. The van der Waals surface area contributed by atoms with E-state index in [-0.39, 0.29) is 22.9 Å². The number of rotatable bonds is 5. The molecular weight excluding hydrogens is 326 g/mol. The summed E-state index contributed by atoms with van der Waals surface area (Å²) in [4.78, 5) is 14.7. The van der Waals surface area contributed by atoms with Crippen LogP contribution in [0, 0.1) is 5.92 Å². The Morgan fingerprint density at radius 1 is 1.42 bits per heavy atom. The number of carbonyl (C=O) groups is 1. The lowest BCUT2D eigenvalue weighted by Crippen LogP contribution is -2.49. The number of nitrogens with one attached hydrogen (secondary N) is 1. The number of nitrogens with two attached hydrogens (primary N) is 1. The molecule has 134 valence electrons. The van der Waals surface area contributed by atoms with Crippen molar-refractivity contribution < 1.29 is 13.2 Å². The van der Waals surface area contributed by atoms with Gasteiger partial charge >= 0.3 is 0 Å². The predicted molar refractivity (Wildman–Crippen MR) is 94.2 cm³/mol. The average Bonchev–Trinajstić information content (AvgIpc) is 2.53. The van der Waals surface area contributed by atoms with Crippen LogP contribution < -0.4 is 10.5 Å². The fraction of sp³-hybridized carbons (Fsp3) is 0.588. The molecule has 1 fully saturated rings. The number of hydrogen-bond donors (Lipinski definition) is 2. The highest BCUT2D eigenvalue weighted by molar-refractivity contribution is 7.89. The summed E-state index contributed by atoms with van der Waals surface area (Å²) in [5.74, 6) is 0.392. The molecule has 24 heavy (non-hydrogen) atoms. The molecule has 3 N–H and O–H groups in total. The van der Waals surface area contributed by atoms with E-state index in [1.54, 1.807) is 30.9 Å². The van der Waals surface area contributed by atoms with Crippen LogP contribution in [0.1, 0.15) is 44.0 Å². The summed E-state index contributed by atoms with van der Waals surface area (Å²) in [5, 5.41) is 0. The van der Waals surface area contributed by atoms with Crippen LogP contribution in [0.2, 0.25) is 0 Å². The van der Waals surface area contributed by atoms with Gasteiger partial charge in [0.25, 0.3) is 5.91 Å². The maximum atomic E-state index is 12.8. The second kappa shape index (κ2) is 7.63. The van der Waals surface area contributed by atoms with Crippen molar-refractivity contribution in [3.8, 4) is 0 Å². The molecule has 0 spiro atoms. The number of sulfonamides is 1. The SMILES string of the molecule is CC1CCN(C(=O)c2cccc(S(=O)(=O)NC(C)C)c2)C(CN)C1. The highest BCUT2D eigenvalue weighted by atomic mass is 32.2. The van der Waals surface area contributed by atoms with Gasteiger partial charge in [-0.3, -0.25) is 4.79 Å². The van der Waals surface area contributed by atoms with Crippen molar-refractivity contribution in [1.29, 1.82) is 0 Å². The van der Waals surface area contributed by atoms with Gasteiger partial charge in [0.1, 0.15) is 0 Å². The number of benzene rings is 1.